The average molecular weight is 520 g/mol. The fourth-order valence-corrected chi connectivity index (χ4v) is 3.25. The molecule has 0 saturated heterocycles. The maximum Gasteiger partial charge on any atom is 0.332 e. The van der Waals surface area contributed by atoms with E-state index in [0.29, 0.717) is 12.4 Å². The normalized spacial score (nSPS) is 14.6. The first-order valence-corrected chi connectivity index (χ1v) is 12.1. The Bertz CT molecular complexity index is 910. The van der Waals surface area contributed by atoms with E-state index in [2.05, 4.69) is 33.8 Å². The number of aliphatic hydroxyl groups is 1. The number of benzene rings is 1. The van der Waals surface area contributed by atoms with E-state index >= 15 is 0 Å². The third-order valence-electron chi connectivity index (χ3n) is 5.09. The zero-order valence-electron chi connectivity index (χ0n) is 22.6. The van der Waals surface area contributed by atoms with Crippen molar-refractivity contribution in [2.75, 3.05) is 13.7 Å². The Morgan fingerprint density at radius 2 is 1.68 bits per heavy atom. The second-order valence-electron chi connectivity index (χ2n) is 9.72. The number of methoxy groups -OCH3 is 1. The largest absolute Gasteiger partial charge is 0.490 e. The Morgan fingerprint density at radius 3 is 2.16 bits per heavy atom. The highest BCUT2D eigenvalue weighted by molar-refractivity contribution is 5.92. The zero-order chi connectivity index (χ0) is 28.2. The number of aliphatic hydroxyl groups excluding tert-OH is 1. The number of hydrogen-bond donors (Lipinski definition) is 4. The van der Waals surface area contributed by atoms with E-state index in [1.54, 1.807) is 65.0 Å². The topological polar surface area (TPSA) is 135 Å². The number of carbonyl (C=O) groups excluding carboxylic acids is 3. The van der Waals surface area contributed by atoms with Crippen molar-refractivity contribution in [2.45, 2.75) is 71.2 Å². The quantitative estimate of drug-likeness (QED) is 0.157. The lowest BCUT2D eigenvalue weighted by atomic mass is 10.0. The van der Waals surface area contributed by atoms with Crippen LogP contribution in [0.3, 0.4) is 0 Å². The van der Waals surface area contributed by atoms with Gasteiger partial charge in [0, 0.05) is 0 Å². The monoisotopic (exact) mass is 519 g/mol. The predicted molar refractivity (Wildman–Crippen MR) is 141 cm³/mol. The molecule has 1 aromatic rings. The lowest BCUT2D eigenvalue weighted by Gasteiger charge is -2.29. The van der Waals surface area contributed by atoms with Crippen molar-refractivity contribution >= 4 is 17.8 Å². The highest BCUT2D eigenvalue weighted by Crippen LogP contribution is 2.15. The molecule has 2 amide bonds. The molecule has 0 spiro atoms. The lowest BCUT2D eigenvalue weighted by molar-refractivity contribution is -0.187. The van der Waals surface area contributed by atoms with Gasteiger partial charge in [0.05, 0.1) is 18.8 Å². The second kappa shape index (κ2) is 15.1. The number of amides is 2. The van der Waals surface area contributed by atoms with Gasteiger partial charge in [-0.15, -0.1) is 6.58 Å². The van der Waals surface area contributed by atoms with Crippen molar-refractivity contribution < 1.29 is 33.7 Å². The van der Waals surface area contributed by atoms with Crippen LogP contribution in [0.2, 0.25) is 0 Å². The van der Waals surface area contributed by atoms with Crippen molar-refractivity contribution in [2.24, 2.45) is 5.92 Å². The van der Waals surface area contributed by atoms with Crippen molar-refractivity contribution in [1.29, 1.82) is 0 Å². The average Bonchev–Trinajstić information content (AvgIpc) is 2.82. The molecule has 1 unspecified atom stereocenters. The first-order valence-electron chi connectivity index (χ1n) is 12.1. The molecule has 206 valence electrons. The number of ether oxygens (including phenoxy) is 3. The maximum absolute atomic E-state index is 13.4. The van der Waals surface area contributed by atoms with E-state index in [0.717, 1.165) is 5.56 Å². The number of hydrogen-bond acceptors (Lipinski definition) is 8. The molecule has 4 atom stereocenters. The second-order valence-corrected chi connectivity index (χ2v) is 9.72. The summed E-state index contributed by atoms with van der Waals surface area (Å²) in [5.41, 5.74) is 0.107. The minimum absolute atomic E-state index is 0.183. The van der Waals surface area contributed by atoms with Crippen LogP contribution < -0.4 is 20.7 Å². The van der Waals surface area contributed by atoms with Crippen molar-refractivity contribution in [3.8, 4) is 5.75 Å². The third kappa shape index (κ3) is 11.6. The summed E-state index contributed by atoms with van der Waals surface area (Å²) in [5.74, 6) is -1.46. The van der Waals surface area contributed by atoms with Crippen LogP contribution in [-0.2, 0) is 30.3 Å². The summed E-state index contributed by atoms with van der Waals surface area (Å²) >= 11 is 0. The number of rotatable bonds is 15. The van der Waals surface area contributed by atoms with E-state index in [1.165, 1.54) is 13.2 Å². The summed E-state index contributed by atoms with van der Waals surface area (Å²) in [7, 11) is 1.20. The standard InChI is InChI=1S/C27H41N3O7/c1-9-15-36-19-13-11-18(12-14-19)16-21(29-26(34)37-27(5,6)7)23(31)30-22(17(3)4)24(32)28-20(10-2)25(33)35-8/h9-14,17,20-22,26,29,34H,1-2,15-16H2,3-8H3,(H,28,32)(H,30,31)/t20-,21?,22-,26-/m0/s1. The highest BCUT2D eigenvalue weighted by atomic mass is 16.6. The minimum Gasteiger partial charge on any atom is -0.490 e. The minimum atomic E-state index is -1.44. The molecule has 10 heteroatoms. The molecule has 0 aliphatic carbocycles. The first kappa shape index (κ1) is 31.8. The highest BCUT2D eigenvalue weighted by Gasteiger charge is 2.31. The molecule has 1 aromatic carbocycles. The molecule has 0 radical (unpaired) electrons. The van der Waals surface area contributed by atoms with Crippen molar-refractivity contribution in [1.82, 2.24) is 16.0 Å². The van der Waals surface area contributed by atoms with E-state index in [4.69, 9.17) is 9.47 Å². The predicted octanol–water partition coefficient (Wildman–Crippen LogP) is 1.83. The Hall–Kier alpha value is -3.21. The summed E-state index contributed by atoms with van der Waals surface area (Å²) in [6, 6.07) is 4.14. The Balaban J connectivity index is 3.10. The first-order chi connectivity index (χ1) is 17.3. The van der Waals surface area contributed by atoms with Gasteiger partial charge in [-0.25, -0.2) is 4.79 Å². The fraction of sp³-hybridized carbons (Fsp3) is 0.519. The molecule has 4 N–H and O–H groups in total. The van der Waals surface area contributed by atoms with Crippen LogP contribution in [0.5, 0.6) is 5.75 Å². The Kier molecular flexibility index (Phi) is 13.0. The molecule has 0 bridgehead atoms. The van der Waals surface area contributed by atoms with E-state index in [1.807, 2.05) is 0 Å². The Labute approximate surface area is 219 Å². The summed E-state index contributed by atoms with van der Waals surface area (Å²) in [6.45, 7) is 16.3. The molecular formula is C27H41N3O7. The van der Waals surface area contributed by atoms with E-state index < -0.39 is 47.9 Å². The van der Waals surface area contributed by atoms with Gasteiger partial charge in [0.2, 0.25) is 18.2 Å². The van der Waals surface area contributed by atoms with Gasteiger partial charge in [0.15, 0.2) is 0 Å². The van der Waals surface area contributed by atoms with Gasteiger partial charge in [-0.2, -0.15) is 0 Å². The van der Waals surface area contributed by atoms with Gasteiger partial charge in [-0.1, -0.05) is 44.7 Å². The molecule has 0 fully saturated rings. The molecular weight excluding hydrogens is 478 g/mol. The van der Waals surface area contributed by atoms with E-state index in [9.17, 15) is 19.5 Å². The maximum atomic E-state index is 13.4. The van der Waals surface area contributed by atoms with Gasteiger partial charge in [0.25, 0.3) is 0 Å². The van der Waals surface area contributed by atoms with Crippen LogP contribution in [0.4, 0.5) is 0 Å². The SMILES string of the molecule is C=CCOc1ccc(CC(N[C@@H](O)OC(C)(C)C)C(=O)N[C@H](C(=O)N[C@@H](C=C)C(=O)OC)C(C)C)cc1. The number of nitrogens with one attached hydrogen (secondary N) is 3. The smallest absolute Gasteiger partial charge is 0.332 e. The van der Waals surface area contributed by atoms with Crippen LogP contribution in [0.15, 0.2) is 49.6 Å². The summed E-state index contributed by atoms with van der Waals surface area (Å²) in [4.78, 5) is 38.1. The molecule has 0 heterocycles. The van der Waals surface area contributed by atoms with Crippen LogP contribution in [0, 0.1) is 5.92 Å². The van der Waals surface area contributed by atoms with Crippen molar-refractivity contribution in [3.63, 3.8) is 0 Å². The van der Waals surface area contributed by atoms with Gasteiger partial charge < -0.3 is 30.0 Å². The molecule has 0 aromatic heterocycles. The molecule has 0 aliphatic heterocycles. The van der Waals surface area contributed by atoms with Crippen LogP contribution in [0.1, 0.15) is 40.2 Å². The van der Waals surface area contributed by atoms with Gasteiger partial charge in [-0.05, 0) is 50.8 Å². The van der Waals surface area contributed by atoms with Gasteiger partial charge in [-0.3, -0.25) is 14.9 Å². The van der Waals surface area contributed by atoms with Gasteiger partial charge >= 0.3 is 5.97 Å². The molecule has 0 aliphatic rings. The van der Waals surface area contributed by atoms with Crippen LogP contribution in [0.25, 0.3) is 0 Å². The number of carbonyl (C=O) groups is 3. The van der Waals surface area contributed by atoms with Crippen LogP contribution >= 0.6 is 0 Å². The molecule has 37 heavy (non-hydrogen) atoms. The van der Waals surface area contributed by atoms with E-state index in [-0.39, 0.29) is 12.3 Å². The Morgan fingerprint density at radius 1 is 1.05 bits per heavy atom. The third-order valence-corrected chi connectivity index (χ3v) is 5.09. The lowest BCUT2D eigenvalue weighted by Crippen LogP contribution is -2.58. The summed E-state index contributed by atoms with van der Waals surface area (Å²) in [6.07, 6.45) is 1.62. The summed E-state index contributed by atoms with van der Waals surface area (Å²) in [5, 5.41) is 18.5. The molecule has 10 nitrogen and oxygen atoms in total. The van der Waals surface area contributed by atoms with Gasteiger partial charge in [0.1, 0.15) is 24.4 Å². The summed E-state index contributed by atoms with van der Waals surface area (Å²) < 4.78 is 15.7. The molecule has 1 rings (SSSR count). The fourth-order valence-electron chi connectivity index (χ4n) is 3.25. The van der Waals surface area contributed by atoms with Crippen molar-refractivity contribution in [3.05, 3.63) is 55.1 Å². The van der Waals surface area contributed by atoms with Crippen LogP contribution in [-0.4, -0.2) is 66.7 Å². The zero-order valence-corrected chi connectivity index (χ0v) is 22.6. The molecule has 0 saturated carbocycles. The number of esters is 1.